The summed E-state index contributed by atoms with van der Waals surface area (Å²) in [7, 11) is 0. The Hall–Kier alpha value is -3.23. The maximum Gasteiger partial charge on any atom is 0.226 e. The minimum Gasteiger partial charge on any atom is -0.376 e. The van der Waals surface area contributed by atoms with Crippen LogP contribution in [0.3, 0.4) is 0 Å². The third-order valence-electron chi connectivity index (χ3n) is 6.67. The zero-order valence-electron chi connectivity index (χ0n) is 19.9. The molecule has 2 aliphatic heterocycles. The molecule has 8 heteroatoms. The molecule has 0 unspecified atom stereocenters. The molecule has 2 aromatic heterocycles. The average Bonchev–Trinajstić information content (AvgIpc) is 3.59. The number of carbonyl (C=O) groups is 1. The van der Waals surface area contributed by atoms with Crippen LogP contribution in [0.1, 0.15) is 48.3 Å². The molecule has 2 aliphatic rings. The number of benzene rings is 1. The Morgan fingerprint density at radius 1 is 1.23 bits per heavy atom. The zero-order valence-corrected chi connectivity index (χ0v) is 20.7. The maximum absolute atomic E-state index is 12.8. The summed E-state index contributed by atoms with van der Waals surface area (Å²) in [6.45, 7) is 4.15. The highest BCUT2D eigenvalue weighted by atomic mass is 32.1. The molecule has 0 aliphatic carbocycles. The van der Waals surface area contributed by atoms with E-state index in [1.165, 1.54) is 0 Å². The number of ether oxygens (including phenoxy) is 1. The van der Waals surface area contributed by atoms with E-state index in [1.807, 2.05) is 49.4 Å². The summed E-state index contributed by atoms with van der Waals surface area (Å²) >= 11 is 5.78. The average molecular weight is 490 g/mol. The Labute approximate surface area is 211 Å². The molecule has 0 saturated carbocycles. The molecule has 2 fully saturated rings. The van der Waals surface area contributed by atoms with Crippen molar-refractivity contribution >= 4 is 28.9 Å². The first-order valence-electron chi connectivity index (χ1n) is 12.2. The second kappa shape index (κ2) is 10.6. The molecule has 2 saturated heterocycles. The lowest BCUT2D eigenvalue weighted by molar-refractivity contribution is -0.116. The number of hydrogen-bond donors (Lipinski definition) is 2. The summed E-state index contributed by atoms with van der Waals surface area (Å²) in [5, 5.41) is 7.13. The Morgan fingerprint density at radius 2 is 2.14 bits per heavy atom. The van der Waals surface area contributed by atoms with Gasteiger partial charge in [-0.25, -0.2) is 0 Å². The van der Waals surface area contributed by atoms with Crippen LogP contribution in [0.15, 0.2) is 67.0 Å². The van der Waals surface area contributed by atoms with Crippen molar-refractivity contribution in [2.75, 3.05) is 18.5 Å². The van der Waals surface area contributed by atoms with E-state index < -0.39 is 0 Å². The molecular formula is C27H31N5O2S. The molecule has 0 spiro atoms. The number of rotatable bonds is 8. The van der Waals surface area contributed by atoms with E-state index in [4.69, 9.17) is 17.0 Å². The molecule has 35 heavy (non-hydrogen) atoms. The topological polar surface area (TPSA) is 71.4 Å². The van der Waals surface area contributed by atoms with E-state index in [9.17, 15) is 4.79 Å². The van der Waals surface area contributed by atoms with Crippen molar-refractivity contribution in [3.63, 3.8) is 0 Å². The van der Waals surface area contributed by atoms with Gasteiger partial charge < -0.3 is 24.8 Å². The monoisotopic (exact) mass is 489 g/mol. The molecule has 4 heterocycles. The number of nitrogens with zero attached hydrogens (tertiary/aromatic N) is 3. The van der Waals surface area contributed by atoms with Gasteiger partial charge >= 0.3 is 0 Å². The summed E-state index contributed by atoms with van der Waals surface area (Å²) in [4.78, 5) is 19.5. The lowest BCUT2D eigenvalue weighted by Crippen LogP contribution is -2.33. The summed E-state index contributed by atoms with van der Waals surface area (Å²) in [5.74, 6) is -0.0341. The van der Waals surface area contributed by atoms with Crippen molar-refractivity contribution in [1.29, 1.82) is 0 Å². The van der Waals surface area contributed by atoms with Crippen LogP contribution >= 0.6 is 12.2 Å². The molecule has 2 N–H and O–H groups in total. The fourth-order valence-electron chi connectivity index (χ4n) is 5.01. The van der Waals surface area contributed by atoms with Crippen molar-refractivity contribution in [3.05, 3.63) is 83.9 Å². The first-order valence-corrected chi connectivity index (χ1v) is 12.6. The summed E-state index contributed by atoms with van der Waals surface area (Å²) < 4.78 is 8.18. The Balaban J connectivity index is 1.37. The zero-order chi connectivity index (χ0) is 24.2. The van der Waals surface area contributed by atoms with Crippen molar-refractivity contribution in [1.82, 2.24) is 19.8 Å². The Morgan fingerprint density at radius 3 is 2.91 bits per heavy atom. The minimum absolute atomic E-state index is 0.0341. The summed E-state index contributed by atoms with van der Waals surface area (Å²) in [5.41, 5.74) is 3.99. The largest absolute Gasteiger partial charge is 0.376 e. The van der Waals surface area contributed by atoms with Gasteiger partial charge in [0, 0.05) is 49.9 Å². The number of pyridine rings is 1. The minimum atomic E-state index is -0.110. The van der Waals surface area contributed by atoms with Crippen molar-refractivity contribution < 1.29 is 9.53 Å². The lowest BCUT2D eigenvalue weighted by atomic mass is 10.0. The molecule has 0 bridgehead atoms. The van der Waals surface area contributed by atoms with E-state index in [2.05, 4.69) is 43.4 Å². The highest BCUT2D eigenvalue weighted by molar-refractivity contribution is 7.80. The predicted octanol–water partition coefficient (Wildman–Crippen LogP) is 4.37. The number of carbonyl (C=O) groups excluding carboxylic acids is 1. The molecule has 1 amide bonds. The summed E-state index contributed by atoms with van der Waals surface area (Å²) in [6, 6.07) is 17.8. The number of thiocarbonyl (C=S) groups is 1. The van der Waals surface area contributed by atoms with Gasteiger partial charge in [-0.2, -0.15) is 0 Å². The van der Waals surface area contributed by atoms with Crippen LogP contribution < -0.4 is 10.6 Å². The van der Waals surface area contributed by atoms with Crippen LogP contribution in [0.5, 0.6) is 0 Å². The van der Waals surface area contributed by atoms with Crippen LogP contribution in [0.25, 0.3) is 0 Å². The normalized spacial score (nSPS) is 21.8. The first-order chi connectivity index (χ1) is 17.1. The van der Waals surface area contributed by atoms with E-state index in [-0.39, 0.29) is 24.1 Å². The van der Waals surface area contributed by atoms with E-state index in [1.54, 1.807) is 6.20 Å². The number of amides is 1. The second-order valence-corrected chi connectivity index (χ2v) is 9.59. The predicted molar refractivity (Wildman–Crippen MR) is 140 cm³/mol. The van der Waals surface area contributed by atoms with E-state index in [0.29, 0.717) is 18.1 Å². The van der Waals surface area contributed by atoms with Crippen LogP contribution in [0.2, 0.25) is 0 Å². The van der Waals surface area contributed by atoms with Gasteiger partial charge in [0.05, 0.1) is 23.9 Å². The molecular weight excluding hydrogens is 458 g/mol. The Bertz CT molecular complexity index is 1180. The maximum atomic E-state index is 12.8. The van der Waals surface area contributed by atoms with Gasteiger partial charge in [0.25, 0.3) is 0 Å². The SMILES string of the molecule is Cc1cccc(NC(=O)CCN2C(=S)N[C@H](c3ccccn3)[C@H]2c2cccn2C[C@@H]2CCCO2)c1. The third kappa shape index (κ3) is 5.39. The highest BCUT2D eigenvalue weighted by Gasteiger charge is 2.41. The summed E-state index contributed by atoms with van der Waals surface area (Å²) in [6.07, 6.45) is 6.65. The fourth-order valence-corrected chi connectivity index (χ4v) is 5.34. The van der Waals surface area contributed by atoms with Crippen molar-refractivity contribution in [2.24, 2.45) is 0 Å². The van der Waals surface area contributed by atoms with Crippen LogP contribution in [0.4, 0.5) is 5.69 Å². The molecule has 182 valence electrons. The van der Waals surface area contributed by atoms with Gasteiger partial charge in [-0.15, -0.1) is 0 Å². The number of hydrogen-bond acceptors (Lipinski definition) is 4. The molecule has 5 rings (SSSR count). The molecule has 7 nitrogen and oxygen atoms in total. The fraction of sp³-hybridized carbons (Fsp3) is 0.370. The van der Waals surface area contributed by atoms with Crippen LogP contribution in [0, 0.1) is 6.92 Å². The van der Waals surface area contributed by atoms with Gasteiger partial charge in [-0.1, -0.05) is 18.2 Å². The number of nitrogens with one attached hydrogen (secondary N) is 2. The van der Waals surface area contributed by atoms with Crippen LogP contribution in [-0.2, 0) is 16.1 Å². The van der Waals surface area contributed by atoms with Crippen molar-refractivity contribution in [3.8, 4) is 0 Å². The number of aryl methyl sites for hydroxylation is 1. The highest BCUT2D eigenvalue weighted by Crippen LogP contribution is 2.39. The standard InChI is InChI=1S/C27H31N5O2S/c1-19-7-4-8-20(17-19)29-24(33)12-15-32-26(25(30-27(32)35)22-10-2-3-13-28-22)23-11-5-14-31(23)18-21-9-6-16-34-21/h2-5,7-8,10-11,13-14,17,21,25-26H,6,9,12,15-16,18H2,1H3,(H,29,33)(H,30,35)/t21-,25+,26+/m0/s1. The van der Waals surface area contributed by atoms with Gasteiger partial charge in [0.15, 0.2) is 5.11 Å². The van der Waals surface area contributed by atoms with Gasteiger partial charge in [0.1, 0.15) is 0 Å². The number of anilines is 1. The van der Waals surface area contributed by atoms with Gasteiger partial charge in [-0.05, 0) is 73.9 Å². The molecule has 3 atom stereocenters. The second-order valence-electron chi connectivity index (χ2n) is 9.21. The molecule has 3 aromatic rings. The van der Waals surface area contributed by atoms with Gasteiger partial charge in [0.2, 0.25) is 5.91 Å². The van der Waals surface area contributed by atoms with E-state index in [0.717, 1.165) is 48.6 Å². The smallest absolute Gasteiger partial charge is 0.226 e. The van der Waals surface area contributed by atoms with Crippen molar-refractivity contribution in [2.45, 2.75) is 50.9 Å². The number of aromatic nitrogens is 2. The Kier molecular flexibility index (Phi) is 7.11. The quantitative estimate of drug-likeness (QED) is 0.458. The molecule has 0 radical (unpaired) electrons. The van der Waals surface area contributed by atoms with Gasteiger partial charge in [-0.3, -0.25) is 9.78 Å². The van der Waals surface area contributed by atoms with Crippen LogP contribution in [-0.4, -0.2) is 44.7 Å². The van der Waals surface area contributed by atoms with E-state index >= 15 is 0 Å². The lowest BCUT2D eigenvalue weighted by Gasteiger charge is -2.29. The first kappa shape index (κ1) is 23.5. The molecule has 1 aromatic carbocycles. The third-order valence-corrected chi connectivity index (χ3v) is 7.02.